The molecule has 0 aromatic heterocycles. The average Bonchev–Trinajstić information content (AvgIpc) is 2.85. The van der Waals surface area contributed by atoms with Gasteiger partial charge in [0.2, 0.25) is 10.0 Å². The van der Waals surface area contributed by atoms with Crippen LogP contribution in [0.4, 0.5) is 11.4 Å². The summed E-state index contributed by atoms with van der Waals surface area (Å²) in [5.41, 5.74) is 3.04. The number of halogens is 1. The molecule has 0 saturated heterocycles. The van der Waals surface area contributed by atoms with Gasteiger partial charge in [-0.25, -0.2) is 8.42 Å². The molecule has 124 valence electrons. The molecule has 1 heterocycles. The van der Waals surface area contributed by atoms with Gasteiger partial charge in [0.1, 0.15) is 0 Å². The maximum atomic E-state index is 12.2. The predicted octanol–water partition coefficient (Wildman–Crippen LogP) is 3.59. The van der Waals surface area contributed by atoms with Crippen molar-refractivity contribution in [3.05, 3.63) is 58.6 Å². The Morgan fingerprint density at radius 1 is 1.17 bits per heavy atom. The number of hydrogen-bond acceptors (Lipinski definition) is 3. The SMILES string of the molecule is CCS(=O)(=O)Nc1ccc2c(c1)C(=Cc1ccc(Cl)cc1)C(=O)N2. The molecule has 2 aromatic rings. The Balaban J connectivity index is 2.00. The second-order valence-corrected chi connectivity index (χ2v) is 7.78. The van der Waals surface area contributed by atoms with Crippen LogP contribution in [0.5, 0.6) is 0 Å². The van der Waals surface area contributed by atoms with Gasteiger partial charge in [-0.3, -0.25) is 9.52 Å². The van der Waals surface area contributed by atoms with Crippen molar-refractivity contribution >= 4 is 50.6 Å². The zero-order chi connectivity index (χ0) is 17.3. The number of hydrogen-bond donors (Lipinski definition) is 2. The van der Waals surface area contributed by atoms with Gasteiger partial charge in [-0.05, 0) is 48.9 Å². The number of benzene rings is 2. The van der Waals surface area contributed by atoms with E-state index in [-0.39, 0.29) is 11.7 Å². The number of fused-ring (bicyclic) bond motifs is 1. The molecule has 3 rings (SSSR count). The molecular weight excluding hydrogens is 348 g/mol. The smallest absolute Gasteiger partial charge is 0.256 e. The summed E-state index contributed by atoms with van der Waals surface area (Å²) in [6, 6.07) is 12.1. The minimum atomic E-state index is -3.37. The summed E-state index contributed by atoms with van der Waals surface area (Å²) >= 11 is 5.87. The Morgan fingerprint density at radius 2 is 1.88 bits per heavy atom. The Morgan fingerprint density at radius 3 is 2.54 bits per heavy atom. The molecule has 0 aliphatic carbocycles. The zero-order valence-corrected chi connectivity index (χ0v) is 14.4. The molecule has 1 aliphatic rings. The number of anilines is 2. The third kappa shape index (κ3) is 3.44. The maximum absolute atomic E-state index is 12.2. The lowest BCUT2D eigenvalue weighted by atomic mass is 10.0. The van der Waals surface area contributed by atoms with Gasteiger partial charge in [0.05, 0.1) is 5.75 Å². The quantitative estimate of drug-likeness (QED) is 0.816. The minimum absolute atomic E-state index is 0.0191. The molecule has 2 N–H and O–H groups in total. The van der Waals surface area contributed by atoms with E-state index in [1.807, 2.05) is 12.1 Å². The molecule has 7 heteroatoms. The molecule has 0 fully saturated rings. The second-order valence-electron chi connectivity index (χ2n) is 5.33. The first kappa shape index (κ1) is 16.5. The predicted molar refractivity (Wildman–Crippen MR) is 97.5 cm³/mol. The van der Waals surface area contributed by atoms with Gasteiger partial charge in [-0.2, -0.15) is 0 Å². The van der Waals surface area contributed by atoms with E-state index >= 15 is 0 Å². The van der Waals surface area contributed by atoms with Gasteiger partial charge in [-0.1, -0.05) is 23.7 Å². The number of rotatable bonds is 4. The first-order valence-corrected chi connectivity index (χ1v) is 9.34. The highest BCUT2D eigenvalue weighted by Crippen LogP contribution is 2.35. The fraction of sp³-hybridized carbons (Fsp3) is 0.118. The van der Waals surface area contributed by atoms with E-state index in [0.717, 1.165) is 5.56 Å². The van der Waals surface area contributed by atoms with Crippen LogP contribution < -0.4 is 10.0 Å². The van der Waals surface area contributed by atoms with Gasteiger partial charge in [0.15, 0.2) is 0 Å². The lowest BCUT2D eigenvalue weighted by Crippen LogP contribution is -2.14. The third-order valence-electron chi connectivity index (χ3n) is 3.64. The molecule has 0 atom stereocenters. The van der Waals surface area contributed by atoms with Gasteiger partial charge in [0, 0.05) is 27.5 Å². The molecule has 0 spiro atoms. The largest absolute Gasteiger partial charge is 0.321 e. The van der Waals surface area contributed by atoms with Crippen molar-refractivity contribution in [2.45, 2.75) is 6.92 Å². The van der Waals surface area contributed by atoms with E-state index in [1.54, 1.807) is 43.3 Å². The summed E-state index contributed by atoms with van der Waals surface area (Å²) in [6.45, 7) is 1.56. The van der Waals surface area contributed by atoms with Crippen LogP contribution in [0, 0.1) is 0 Å². The van der Waals surface area contributed by atoms with E-state index in [0.29, 0.717) is 27.5 Å². The highest BCUT2D eigenvalue weighted by Gasteiger charge is 2.24. The Labute approximate surface area is 145 Å². The summed E-state index contributed by atoms with van der Waals surface area (Å²) in [7, 11) is -3.37. The van der Waals surface area contributed by atoms with E-state index in [2.05, 4.69) is 10.0 Å². The normalized spacial score (nSPS) is 15.2. The van der Waals surface area contributed by atoms with Crippen molar-refractivity contribution in [3.8, 4) is 0 Å². The molecule has 1 amide bonds. The summed E-state index contributed by atoms with van der Waals surface area (Å²) in [6.07, 6.45) is 1.75. The van der Waals surface area contributed by atoms with Crippen LogP contribution in [-0.4, -0.2) is 20.1 Å². The monoisotopic (exact) mass is 362 g/mol. The van der Waals surface area contributed by atoms with Crippen LogP contribution in [0.2, 0.25) is 5.02 Å². The maximum Gasteiger partial charge on any atom is 0.256 e. The van der Waals surface area contributed by atoms with Crippen molar-refractivity contribution in [2.75, 3.05) is 15.8 Å². The van der Waals surface area contributed by atoms with Crippen LogP contribution in [0.1, 0.15) is 18.1 Å². The van der Waals surface area contributed by atoms with Crippen LogP contribution >= 0.6 is 11.6 Å². The number of amides is 1. The Kier molecular flexibility index (Phi) is 4.34. The van der Waals surface area contributed by atoms with Gasteiger partial charge in [0.25, 0.3) is 5.91 Å². The highest BCUT2D eigenvalue weighted by atomic mass is 35.5. The van der Waals surface area contributed by atoms with Crippen LogP contribution in [0.3, 0.4) is 0 Å². The molecule has 0 bridgehead atoms. The standard InChI is InChI=1S/C17H15ClN2O3S/c1-2-24(22,23)20-13-7-8-16-14(10-13)15(17(21)19-16)9-11-3-5-12(18)6-4-11/h3-10,20H,2H2,1H3,(H,19,21). The van der Waals surface area contributed by atoms with Gasteiger partial charge in [-0.15, -0.1) is 0 Å². The number of sulfonamides is 1. The first-order chi connectivity index (χ1) is 11.4. The van der Waals surface area contributed by atoms with Crippen LogP contribution in [0.25, 0.3) is 11.6 Å². The first-order valence-electron chi connectivity index (χ1n) is 7.31. The van der Waals surface area contributed by atoms with E-state index in [1.165, 1.54) is 0 Å². The zero-order valence-electron chi connectivity index (χ0n) is 12.8. The number of carbonyl (C=O) groups excluding carboxylic acids is 1. The third-order valence-corrected chi connectivity index (χ3v) is 5.20. The summed E-state index contributed by atoms with van der Waals surface area (Å²) in [4.78, 5) is 12.2. The molecular formula is C17H15ClN2O3S. The number of nitrogens with one attached hydrogen (secondary N) is 2. The molecule has 0 saturated carbocycles. The van der Waals surface area contributed by atoms with E-state index in [4.69, 9.17) is 11.6 Å². The van der Waals surface area contributed by atoms with Crippen molar-refractivity contribution in [1.82, 2.24) is 0 Å². The average molecular weight is 363 g/mol. The van der Waals surface area contributed by atoms with Crippen molar-refractivity contribution in [3.63, 3.8) is 0 Å². The van der Waals surface area contributed by atoms with Crippen LogP contribution in [-0.2, 0) is 14.8 Å². The molecule has 5 nitrogen and oxygen atoms in total. The minimum Gasteiger partial charge on any atom is -0.321 e. The lowest BCUT2D eigenvalue weighted by Gasteiger charge is -2.07. The van der Waals surface area contributed by atoms with E-state index < -0.39 is 10.0 Å². The van der Waals surface area contributed by atoms with Crippen molar-refractivity contribution in [1.29, 1.82) is 0 Å². The van der Waals surface area contributed by atoms with Crippen molar-refractivity contribution < 1.29 is 13.2 Å². The topological polar surface area (TPSA) is 75.3 Å². The molecule has 24 heavy (non-hydrogen) atoms. The second kappa shape index (κ2) is 6.30. The molecule has 0 radical (unpaired) electrons. The fourth-order valence-electron chi connectivity index (χ4n) is 2.37. The summed E-state index contributed by atoms with van der Waals surface area (Å²) in [5.74, 6) is -0.246. The van der Waals surface area contributed by atoms with Gasteiger partial charge >= 0.3 is 0 Å². The number of carbonyl (C=O) groups is 1. The highest BCUT2D eigenvalue weighted by molar-refractivity contribution is 7.92. The molecule has 2 aromatic carbocycles. The Bertz CT molecular complexity index is 935. The lowest BCUT2D eigenvalue weighted by molar-refractivity contribution is -0.110. The fourth-order valence-corrected chi connectivity index (χ4v) is 3.13. The Hall–Kier alpha value is -2.31. The summed E-state index contributed by atoms with van der Waals surface area (Å²) in [5, 5.41) is 3.39. The van der Waals surface area contributed by atoms with Crippen LogP contribution in [0.15, 0.2) is 42.5 Å². The molecule has 0 unspecified atom stereocenters. The van der Waals surface area contributed by atoms with Crippen molar-refractivity contribution in [2.24, 2.45) is 0 Å². The van der Waals surface area contributed by atoms with Gasteiger partial charge < -0.3 is 5.32 Å². The summed E-state index contributed by atoms with van der Waals surface area (Å²) < 4.78 is 25.9. The molecule has 1 aliphatic heterocycles. The van der Waals surface area contributed by atoms with E-state index in [9.17, 15) is 13.2 Å².